The van der Waals surface area contributed by atoms with Crippen LogP contribution in [-0.2, 0) is 11.2 Å². The van der Waals surface area contributed by atoms with Crippen molar-refractivity contribution >= 4 is 0 Å². The third-order valence-corrected chi connectivity index (χ3v) is 2.58. The first kappa shape index (κ1) is 10.6. The predicted octanol–water partition coefficient (Wildman–Crippen LogP) is 1.49. The summed E-state index contributed by atoms with van der Waals surface area (Å²) in [5.41, 5.74) is 0.825. The van der Waals surface area contributed by atoms with Gasteiger partial charge in [0.2, 0.25) is 0 Å². The van der Waals surface area contributed by atoms with Crippen LogP contribution >= 0.6 is 0 Å². The molecule has 1 saturated heterocycles. The van der Waals surface area contributed by atoms with E-state index in [-0.39, 0.29) is 6.10 Å². The van der Waals surface area contributed by atoms with Crippen molar-refractivity contribution in [3.05, 3.63) is 17.8 Å². The Morgan fingerprint density at radius 3 is 3.20 bits per heavy atom. The Kier molecular flexibility index (Phi) is 3.38. The van der Waals surface area contributed by atoms with Crippen LogP contribution < -0.4 is 0 Å². The van der Waals surface area contributed by atoms with E-state index in [0.29, 0.717) is 18.9 Å². The smallest absolute Gasteiger partial charge is 0.199 e. The normalized spacial score (nSPS) is 24.0. The fourth-order valence-corrected chi connectivity index (χ4v) is 1.84. The van der Waals surface area contributed by atoms with E-state index in [9.17, 15) is 5.11 Å². The Morgan fingerprint density at radius 1 is 1.67 bits per heavy atom. The van der Waals surface area contributed by atoms with Gasteiger partial charge in [-0.1, -0.05) is 0 Å². The number of rotatable bonds is 3. The molecule has 0 radical (unpaired) electrons. The van der Waals surface area contributed by atoms with Crippen molar-refractivity contribution < 1.29 is 14.3 Å². The first-order chi connectivity index (χ1) is 7.25. The van der Waals surface area contributed by atoms with Crippen LogP contribution in [0, 0.1) is 0 Å². The Labute approximate surface area is 89.3 Å². The molecule has 84 valence electrons. The van der Waals surface area contributed by atoms with Gasteiger partial charge in [-0.3, -0.25) is 0 Å². The molecule has 2 rings (SSSR count). The zero-order valence-corrected chi connectivity index (χ0v) is 8.98. The molecular weight excluding hydrogens is 194 g/mol. The topological polar surface area (TPSA) is 55.5 Å². The number of nitrogens with zero attached hydrogens (tertiary/aromatic N) is 1. The van der Waals surface area contributed by atoms with Crippen LogP contribution in [0.15, 0.2) is 10.7 Å². The minimum Gasteiger partial charge on any atom is -0.448 e. The predicted molar refractivity (Wildman–Crippen MR) is 54.7 cm³/mol. The number of hydrogen-bond acceptors (Lipinski definition) is 4. The Balaban J connectivity index is 1.99. The van der Waals surface area contributed by atoms with Crippen LogP contribution in [0.25, 0.3) is 0 Å². The van der Waals surface area contributed by atoms with Gasteiger partial charge in [0, 0.05) is 13.0 Å². The highest BCUT2D eigenvalue weighted by atomic mass is 16.5. The molecule has 1 aliphatic heterocycles. The van der Waals surface area contributed by atoms with Crippen molar-refractivity contribution in [3.63, 3.8) is 0 Å². The highest BCUT2D eigenvalue weighted by Crippen LogP contribution is 2.24. The average Bonchev–Trinajstić information content (AvgIpc) is 2.67. The molecule has 0 amide bonds. The maximum Gasteiger partial charge on any atom is 0.199 e. The monoisotopic (exact) mass is 211 g/mol. The van der Waals surface area contributed by atoms with E-state index in [0.717, 1.165) is 31.0 Å². The number of aromatic nitrogens is 1. The molecule has 0 aliphatic carbocycles. The second kappa shape index (κ2) is 4.77. The van der Waals surface area contributed by atoms with Gasteiger partial charge >= 0.3 is 0 Å². The van der Waals surface area contributed by atoms with Gasteiger partial charge < -0.3 is 14.3 Å². The van der Waals surface area contributed by atoms with Crippen LogP contribution in [0.4, 0.5) is 0 Å². The first-order valence-corrected chi connectivity index (χ1v) is 5.46. The van der Waals surface area contributed by atoms with Crippen molar-refractivity contribution in [2.75, 3.05) is 13.2 Å². The van der Waals surface area contributed by atoms with Gasteiger partial charge in [0.05, 0.1) is 24.3 Å². The minimum absolute atomic E-state index is 0.293. The zero-order valence-electron chi connectivity index (χ0n) is 8.98. The van der Waals surface area contributed by atoms with Crippen molar-refractivity contribution in [2.45, 2.75) is 38.2 Å². The van der Waals surface area contributed by atoms with E-state index in [1.165, 1.54) is 0 Å². The van der Waals surface area contributed by atoms with Gasteiger partial charge in [-0.25, -0.2) is 4.98 Å². The second-order valence-electron chi connectivity index (χ2n) is 4.14. The van der Waals surface area contributed by atoms with Crippen molar-refractivity contribution in [1.82, 2.24) is 4.98 Å². The number of ether oxygens (including phenoxy) is 1. The lowest BCUT2D eigenvalue weighted by Gasteiger charge is -2.18. The summed E-state index contributed by atoms with van der Waals surface area (Å²) in [7, 11) is 0. The third-order valence-electron chi connectivity index (χ3n) is 2.58. The summed E-state index contributed by atoms with van der Waals surface area (Å²) in [4.78, 5) is 4.37. The summed E-state index contributed by atoms with van der Waals surface area (Å²) in [5.74, 6) is 1.05. The minimum atomic E-state index is -0.370. The third kappa shape index (κ3) is 2.79. The molecule has 4 nitrogen and oxygen atoms in total. The Bertz CT molecular complexity index is 303. The fraction of sp³-hybridized carbons (Fsp3) is 0.727. The lowest BCUT2D eigenvalue weighted by Crippen LogP contribution is -2.16. The van der Waals surface area contributed by atoms with Crippen molar-refractivity contribution in [3.8, 4) is 0 Å². The number of aliphatic hydroxyl groups is 1. The van der Waals surface area contributed by atoms with Crippen LogP contribution in [0.5, 0.6) is 0 Å². The molecule has 2 atom stereocenters. The largest absolute Gasteiger partial charge is 0.448 e. The van der Waals surface area contributed by atoms with Gasteiger partial charge in [-0.2, -0.15) is 0 Å². The molecule has 1 N–H and O–H groups in total. The van der Waals surface area contributed by atoms with Gasteiger partial charge in [-0.15, -0.1) is 0 Å². The molecule has 1 aliphatic rings. The summed E-state index contributed by atoms with van der Waals surface area (Å²) < 4.78 is 10.8. The van der Waals surface area contributed by atoms with E-state index in [1.807, 2.05) is 0 Å². The molecule has 0 bridgehead atoms. The molecule has 15 heavy (non-hydrogen) atoms. The molecule has 1 fully saturated rings. The van der Waals surface area contributed by atoms with Gasteiger partial charge in [0.1, 0.15) is 6.26 Å². The summed E-state index contributed by atoms with van der Waals surface area (Å²) in [6.45, 7) is 3.30. The molecule has 2 heterocycles. The van der Waals surface area contributed by atoms with E-state index in [1.54, 1.807) is 13.2 Å². The molecule has 2 unspecified atom stereocenters. The van der Waals surface area contributed by atoms with Crippen LogP contribution in [0.2, 0.25) is 0 Å². The quantitative estimate of drug-likeness (QED) is 0.823. The SMILES string of the molecule is CC(O)Cc1coc(C2CCCOC2)n1. The second-order valence-corrected chi connectivity index (χ2v) is 4.14. The number of aliphatic hydroxyl groups excluding tert-OH is 1. The van der Waals surface area contributed by atoms with Gasteiger partial charge in [0.15, 0.2) is 5.89 Å². The maximum absolute atomic E-state index is 9.22. The lowest BCUT2D eigenvalue weighted by molar-refractivity contribution is 0.0725. The molecule has 0 spiro atoms. The maximum atomic E-state index is 9.22. The van der Waals surface area contributed by atoms with E-state index in [4.69, 9.17) is 9.15 Å². The average molecular weight is 211 g/mol. The number of hydrogen-bond donors (Lipinski definition) is 1. The molecule has 0 saturated carbocycles. The van der Waals surface area contributed by atoms with Gasteiger partial charge in [-0.05, 0) is 19.8 Å². The Hall–Kier alpha value is -0.870. The molecular formula is C11H17NO3. The summed E-state index contributed by atoms with van der Waals surface area (Å²) >= 11 is 0. The summed E-state index contributed by atoms with van der Waals surface area (Å²) in [6, 6.07) is 0. The number of oxazole rings is 1. The summed E-state index contributed by atoms with van der Waals surface area (Å²) in [6.07, 6.45) is 3.96. The van der Waals surface area contributed by atoms with E-state index in [2.05, 4.69) is 4.98 Å². The zero-order chi connectivity index (χ0) is 10.7. The molecule has 4 heteroatoms. The molecule has 1 aromatic heterocycles. The van der Waals surface area contributed by atoms with Gasteiger partial charge in [0.25, 0.3) is 0 Å². The van der Waals surface area contributed by atoms with E-state index >= 15 is 0 Å². The van der Waals surface area contributed by atoms with Crippen LogP contribution in [-0.4, -0.2) is 29.4 Å². The summed E-state index contributed by atoms with van der Waals surface area (Å²) in [5, 5.41) is 9.22. The highest BCUT2D eigenvalue weighted by molar-refractivity contribution is 5.02. The Morgan fingerprint density at radius 2 is 2.53 bits per heavy atom. The van der Waals surface area contributed by atoms with Crippen LogP contribution in [0.3, 0.4) is 0 Å². The van der Waals surface area contributed by atoms with Crippen molar-refractivity contribution in [1.29, 1.82) is 0 Å². The van der Waals surface area contributed by atoms with Crippen molar-refractivity contribution in [2.24, 2.45) is 0 Å². The standard InChI is InChI=1S/C11H17NO3/c1-8(13)5-10-7-15-11(12-10)9-3-2-4-14-6-9/h7-9,13H,2-6H2,1H3. The lowest BCUT2D eigenvalue weighted by atomic mass is 10.0. The van der Waals surface area contributed by atoms with E-state index < -0.39 is 0 Å². The highest BCUT2D eigenvalue weighted by Gasteiger charge is 2.21. The van der Waals surface area contributed by atoms with Crippen LogP contribution in [0.1, 0.15) is 37.3 Å². The molecule has 1 aromatic rings. The molecule has 0 aromatic carbocycles. The first-order valence-electron chi connectivity index (χ1n) is 5.46. The fourth-order valence-electron chi connectivity index (χ4n) is 1.84.